The molecule has 24 heavy (non-hydrogen) atoms. The minimum absolute atomic E-state index is 0.0512. The monoisotopic (exact) mass is 325 g/mol. The quantitative estimate of drug-likeness (QED) is 0.753. The van der Waals surface area contributed by atoms with Crippen molar-refractivity contribution in [2.75, 3.05) is 13.1 Å². The second kappa shape index (κ2) is 6.74. The Morgan fingerprint density at radius 2 is 1.92 bits per heavy atom. The molecule has 0 unspecified atom stereocenters. The van der Waals surface area contributed by atoms with Gasteiger partial charge in [-0.3, -0.25) is 9.59 Å². The molecule has 0 bridgehead atoms. The third-order valence-electron chi connectivity index (χ3n) is 4.13. The van der Waals surface area contributed by atoms with E-state index < -0.39 is 5.97 Å². The first kappa shape index (κ1) is 16.1. The standard InChI is InChI=1S/C19H19NO4/c1-2-20(10-9-19(22)23)18(21)12-14-11-16-15-6-4-3-5-13(15)7-8-17(16)24-14/h3-8,11H,2,9-10,12H2,1H3,(H,22,23). The topological polar surface area (TPSA) is 70.8 Å². The Morgan fingerprint density at radius 3 is 2.67 bits per heavy atom. The second-order valence-corrected chi connectivity index (χ2v) is 5.71. The number of nitrogens with zero attached hydrogens (tertiary/aromatic N) is 1. The van der Waals surface area contributed by atoms with Gasteiger partial charge in [-0.15, -0.1) is 0 Å². The highest BCUT2D eigenvalue weighted by molar-refractivity contribution is 6.06. The van der Waals surface area contributed by atoms with Gasteiger partial charge in [-0.1, -0.05) is 30.3 Å². The van der Waals surface area contributed by atoms with Gasteiger partial charge < -0.3 is 14.4 Å². The summed E-state index contributed by atoms with van der Waals surface area (Å²) in [6.45, 7) is 2.54. The maximum atomic E-state index is 12.4. The number of amides is 1. The van der Waals surface area contributed by atoms with E-state index in [9.17, 15) is 9.59 Å². The molecule has 0 aliphatic rings. The summed E-state index contributed by atoms with van der Waals surface area (Å²) in [6.07, 6.45) is 0.0841. The van der Waals surface area contributed by atoms with E-state index in [0.717, 1.165) is 21.7 Å². The zero-order valence-electron chi connectivity index (χ0n) is 13.5. The number of hydrogen-bond donors (Lipinski definition) is 1. The number of carbonyl (C=O) groups excluding carboxylic acids is 1. The molecule has 0 fully saturated rings. The van der Waals surface area contributed by atoms with E-state index in [1.54, 1.807) is 4.90 Å². The van der Waals surface area contributed by atoms with E-state index in [2.05, 4.69) is 0 Å². The molecule has 0 radical (unpaired) electrons. The molecule has 5 heteroatoms. The molecule has 0 saturated heterocycles. The van der Waals surface area contributed by atoms with Crippen LogP contribution in [0.2, 0.25) is 0 Å². The number of benzene rings is 2. The molecule has 0 aliphatic carbocycles. The number of furan rings is 1. The van der Waals surface area contributed by atoms with Crippen molar-refractivity contribution in [3.05, 3.63) is 48.2 Å². The minimum atomic E-state index is -0.906. The van der Waals surface area contributed by atoms with Crippen LogP contribution in [0.1, 0.15) is 19.1 Å². The first-order chi connectivity index (χ1) is 11.6. The fraction of sp³-hybridized carbons (Fsp3) is 0.263. The Kier molecular flexibility index (Phi) is 4.51. The molecule has 1 aromatic heterocycles. The lowest BCUT2D eigenvalue weighted by Gasteiger charge is -2.19. The predicted molar refractivity (Wildman–Crippen MR) is 91.9 cm³/mol. The van der Waals surface area contributed by atoms with E-state index >= 15 is 0 Å². The van der Waals surface area contributed by atoms with Crippen LogP contribution in [0.4, 0.5) is 0 Å². The highest BCUT2D eigenvalue weighted by Crippen LogP contribution is 2.28. The number of carboxylic acid groups (broad SMARTS) is 1. The lowest BCUT2D eigenvalue weighted by atomic mass is 10.1. The molecule has 0 saturated carbocycles. The number of likely N-dealkylation sites (N-methyl/N-ethyl adjacent to an activating group) is 1. The summed E-state index contributed by atoms with van der Waals surface area (Å²) in [7, 11) is 0. The van der Waals surface area contributed by atoms with Gasteiger partial charge >= 0.3 is 5.97 Å². The van der Waals surface area contributed by atoms with Crippen molar-refractivity contribution in [2.45, 2.75) is 19.8 Å². The van der Waals surface area contributed by atoms with Crippen molar-refractivity contribution in [2.24, 2.45) is 0 Å². The molecule has 3 aromatic rings. The third kappa shape index (κ3) is 3.25. The normalized spacial score (nSPS) is 11.0. The molecule has 0 spiro atoms. The summed E-state index contributed by atoms with van der Waals surface area (Å²) in [4.78, 5) is 24.6. The molecule has 0 atom stereocenters. The number of carbonyl (C=O) groups is 2. The van der Waals surface area contributed by atoms with Gasteiger partial charge in [-0.2, -0.15) is 0 Å². The number of aliphatic carboxylic acids is 1. The van der Waals surface area contributed by atoms with E-state index in [-0.39, 0.29) is 25.3 Å². The SMILES string of the molecule is CCN(CCC(=O)O)C(=O)Cc1cc2c(ccc3ccccc32)o1. The molecular weight excluding hydrogens is 306 g/mol. The van der Waals surface area contributed by atoms with Gasteiger partial charge in [0.05, 0.1) is 12.8 Å². The fourth-order valence-corrected chi connectivity index (χ4v) is 2.88. The van der Waals surface area contributed by atoms with Gasteiger partial charge in [0, 0.05) is 18.5 Å². The molecular formula is C19H19NO4. The molecule has 3 rings (SSSR count). The molecule has 5 nitrogen and oxygen atoms in total. The van der Waals surface area contributed by atoms with Crippen LogP contribution in [0, 0.1) is 0 Å². The average Bonchev–Trinajstić information content (AvgIpc) is 2.98. The van der Waals surface area contributed by atoms with Crippen LogP contribution in [-0.2, 0) is 16.0 Å². The van der Waals surface area contributed by atoms with Crippen molar-refractivity contribution in [1.29, 1.82) is 0 Å². The maximum Gasteiger partial charge on any atom is 0.305 e. The Bertz CT molecular complexity index is 897. The van der Waals surface area contributed by atoms with Gasteiger partial charge in [0.25, 0.3) is 0 Å². The van der Waals surface area contributed by atoms with E-state index in [4.69, 9.17) is 9.52 Å². The third-order valence-corrected chi connectivity index (χ3v) is 4.13. The van der Waals surface area contributed by atoms with Crippen LogP contribution in [0.25, 0.3) is 21.7 Å². The second-order valence-electron chi connectivity index (χ2n) is 5.71. The largest absolute Gasteiger partial charge is 0.481 e. The molecule has 1 amide bonds. The summed E-state index contributed by atoms with van der Waals surface area (Å²) >= 11 is 0. The Hall–Kier alpha value is -2.82. The van der Waals surface area contributed by atoms with Gasteiger partial charge in [0.1, 0.15) is 11.3 Å². The van der Waals surface area contributed by atoms with Crippen LogP contribution in [0.15, 0.2) is 46.9 Å². The van der Waals surface area contributed by atoms with Gasteiger partial charge in [0.15, 0.2) is 0 Å². The number of carboxylic acids is 1. The highest BCUT2D eigenvalue weighted by Gasteiger charge is 2.16. The van der Waals surface area contributed by atoms with Crippen molar-refractivity contribution in [1.82, 2.24) is 4.90 Å². The maximum absolute atomic E-state index is 12.4. The summed E-state index contributed by atoms with van der Waals surface area (Å²) in [5, 5.41) is 12.0. The van der Waals surface area contributed by atoms with Crippen LogP contribution < -0.4 is 0 Å². The van der Waals surface area contributed by atoms with Crippen molar-refractivity contribution in [3.63, 3.8) is 0 Å². The van der Waals surface area contributed by atoms with Crippen LogP contribution in [0.3, 0.4) is 0 Å². The fourth-order valence-electron chi connectivity index (χ4n) is 2.88. The van der Waals surface area contributed by atoms with Crippen molar-refractivity contribution < 1.29 is 19.1 Å². The summed E-state index contributed by atoms with van der Waals surface area (Å²) in [6, 6.07) is 13.8. The summed E-state index contributed by atoms with van der Waals surface area (Å²) in [5.41, 5.74) is 0.755. The predicted octanol–water partition coefficient (Wildman–Crippen LogP) is 3.45. The van der Waals surface area contributed by atoms with E-state index in [1.807, 2.05) is 49.4 Å². The van der Waals surface area contributed by atoms with E-state index in [1.165, 1.54) is 0 Å². The molecule has 1 heterocycles. The number of hydrogen-bond acceptors (Lipinski definition) is 3. The molecule has 0 aliphatic heterocycles. The van der Waals surface area contributed by atoms with Crippen molar-refractivity contribution >= 4 is 33.6 Å². The Labute approximate surface area is 139 Å². The van der Waals surface area contributed by atoms with E-state index in [0.29, 0.717) is 12.3 Å². The number of rotatable bonds is 6. The Morgan fingerprint density at radius 1 is 1.12 bits per heavy atom. The smallest absolute Gasteiger partial charge is 0.305 e. The Balaban J connectivity index is 1.83. The minimum Gasteiger partial charge on any atom is -0.481 e. The highest BCUT2D eigenvalue weighted by atomic mass is 16.4. The van der Waals surface area contributed by atoms with Gasteiger partial charge in [0.2, 0.25) is 5.91 Å². The average molecular weight is 325 g/mol. The lowest BCUT2D eigenvalue weighted by molar-refractivity contribution is -0.138. The number of fused-ring (bicyclic) bond motifs is 3. The van der Waals surface area contributed by atoms with Crippen LogP contribution in [0.5, 0.6) is 0 Å². The lowest BCUT2D eigenvalue weighted by Crippen LogP contribution is -2.33. The van der Waals surface area contributed by atoms with Crippen molar-refractivity contribution in [3.8, 4) is 0 Å². The zero-order chi connectivity index (χ0) is 17.1. The van der Waals surface area contributed by atoms with Gasteiger partial charge in [-0.25, -0.2) is 0 Å². The molecule has 124 valence electrons. The van der Waals surface area contributed by atoms with Crippen LogP contribution in [-0.4, -0.2) is 35.0 Å². The molecule has 1 N–H and O–H groups in total. The molecule has 2 aromatic carbocycles. The first-order valence-corrected chi connectivity index (χ1v) is 7.98. The zero-order valence-corrected chi connectivity index (χ0v) is 13.5. The first-order valence-electron chi connectivity index (χ1n) is 7.98. The van der Waals surface area contributed by atoms with Gasteiger partial charge in [-0.05, 0) is 29.8 Å². The summed E-state index contributed by atoms with van der Waals surface area (Å²) < 4.78 is 5.80. The van der Waals surface area contributed by atoms with Crippen LogP contribution >= 0.6 is 0 Å². The summed E-state index contributed by atoms with van der Waals surface area (Å²) in [5.74, 6) is -0.432.